The second-order valence-corrected chi connectivity index (χ2v) is 7.68. The van der Waals surface area contributed by atoms with E-state index in [4.69, 9.17) is 9.47 Å². The summed E-state index contributed by atoms with van der Waals surface area (Å²) in [5.74, 6) is -0.224. The molecule has 0 aliphatic rings. The van der Waals surface area contributed by atoms with Gasteiger partial charge in [0.05, 0.1) is 25.6 Å². The molecule has 4 rings (SSSR count). The zero-order chi connectivity index (χ0) is 22.5. The summed E-state index contributed by atoms with van der Waals surface area (Å²) in [6, 6.07) is 25.1. The standard InChI is InChI=1S/C27H25NO4/c1-19-13-14-22-23(17-19)25(32-16-15-20-9-5-3-6-10-20)24(27(30)31-2)28(26(22)29)18-21-11-7-4-8-12-21/h3-14,17H,15-16,18H2,1-2H3. The van der Waals surface area contributed by atoms with Crippen molar-refractivity contribution in [1.29, 1.82) is 0 Å². The number of aryl methyl sites for hydroxylation is 1. The Labute approximate surface area is 186 Å². The molecule has 4 aromatic rings. The first kappa shape index (κ1) is 21.4. The van der Waals surface area contributed by atoms with Gasteiger partial charge in [-0.2, -0.15) is 0 Å². The molecule has 0 unspecified atom stereocenters. The fraction of sp³-hybridized carbons (Fsp3) is 0.185. The Kier molecular flexibility index (Phi) is 6.36. The van der Waals surface area contributed by atoms with E-state index in [-0.39, 0.29) is 17.8 Å². The van der Waals surface area contributed by atoms with E-state index in [9.17, 15) is 9.59 Å². The number of fused-ring (bicyclic) bond motifs is 1. The van der Waals surface area contributed by atoms with Crippen LogP contribution in [0, 0.1) is 6.92 Å². The average molecular weight is 428 g/mol. The molecule has 0 N–H and O–H groups in total. The van der Waals surface area contributed by atoms with Gasteiger partial charge < -0.3 is 9.47 Å². The number of hydrogen-bond acceptors (Lipinski definition) is 4. The molecule has 32 heavy (non-hydrogen) atoms. The van der Waals surface area contributed by atoms with Gasteiger partial charge >= 0.3 is 5.97 Å². The van der Waals surface area contributed by atoms with Gasteiger partial charge in [0.15, 0.2) is 11.4 Å². The van der Waals surface area contributed by atoms with E-state index in [1.807, 2.05) is 79.7 Å². The van der Waals surface area contributed by atoms with Gasteiger partial charge in [-0.15, -0.1) is 0 Å². The summed E-state index contributed by atoms with van der Waals surface area (Å²) in [6.45, 7) is 2.55. The Hall–Kier alpha value is -3.86. The quantitative estimate of drug-likeness (QED) is 0.399. The smallest absolute Gasteiger partial charge is 0.358 e. The lowest BCUT2D eigenvalue weighted by Crippen LogP contribution is -2.28. The number of benzene rings is 3. The van der Waals surface area contributed by atoms with Gasteiger partial charge in [-0.3, -0.25) is 9.36 Å². The molecule has 0 saturated heterocycles. The highest BCUT2D eigenvalue weighted by Gasteiger charge is 2.24. The molecule has 0 fully saturated rings. The maximum absolute atomic E-state index is 13.4. The van der Waals surface area contributed by atoms with Gasteiger partial charge in [0.25, 0.3) is 5.56 Å². The van der Waals surface area contributed by atoms with Crippen molar-refractivity contribution < 1.29 is 14.3 Å². The van der Waals surface area contributed by atoms with Crippen LogP contribution in [0.5, 0.6) is 5.75 Å². The van der Waals surface area contributed by atoms with Crippen LogP contribution in [0.2, 0.25) is 0 Å². The van der Waals surface area contributed by atoms with Crippen LogP contribution in [0.3, 0.4) is 0 Å². The van der Waals surface area contributed by atoms with Crippen LogP contribution in [-0.2, 0) is 17.7 Å². The Morgan fingerprint density at radius 3 is 2.19 bits per heavy atom. The minimum atomic E-state index is -0.601. The molecule has 0 amide bonds. The number of carbonyl (C=O) groups excluding carboxylic acids is 1. The predicted molar refractivity (Wildman–Crippen MR) is 125 cm³/mol. The highest BCUT2D eigenvalue weighted by atomic mass is 16.5. The molecule has 0 radical (unpaired) electrons. The monoisotopic (exact) mass is 427 g/mol. The number of methoxy groups -OCH3 is 1. The molecule has 3 aromatic carbocycles. The minimum absolute atomic E-state index is 0.132. The lowest BCUT2D eigenvalue weighted by atomic mass is 10.1. The van der Waals surface area contributed by atoms with Gasteiger partial charge in [0.2, 0.25) is 0 Å². The number of carbonyl (C=O) groups is 1. The number of esters is 1. The van der Waals surface area contributed by atoms with Crippen LogP contribution < -0.4 is 10.3 Å². The maximum atomic E-state index is 13.4. The third kappa shape index (κ3) is 4.42. The number of hydrogen-bond donors (Lipinski definition) is 0. The van der Waals surface area contributed by atoms with Crippen molar-refractivity contribution in [3.8, 4) is 5.75 Å². The van der Waals surface area contributed by atoms with Crippen molar-refractivity contribution in [2.24, 2.45) is 0 Å². The summed E-state index contributed by atoms with van der Waals surface area (Å²) in [7, 11) is 1.31. The van der Waals surface area contributed by atoms with Gasteiger partial charge in [0, 0.05) is 11.8 Å². The average Bonchev–Trinajstić information content (AvgIpc) is 2.82. The number of rotatable bonds is 7. The molecule has 1 heterocycles. The van der Waals surface area contributed by atoms with Crippen molar-refractivity contribution in [2.45, 2.75) is 19.9 Å². The summed E-state index contributed by atoms with van der Waals surface area (Å²) >= 11 is 0. The van der Waals surface area contributed by atoms with E-state index in [1.54, 1.807) is 6.07 Å². The van der Waals surface area contributed by atoms with Crippen molar-refractivity contribution in [2.75, 3.05) is 13.7 Å². The van der Waals surface area contributed by atoms with Crippen molar-refractivity contribution in [3.63, 3.8) is 0 Å². The third-order valence-electron chi connectivity index (χ3n) is 5.42. The Bertz CT molecular complexity index is 1290. The fourth-order valence-electron chi connectivity index (χ4n) is 3.81. The molecule has 0 spiro atoms. The summed E-state index contributed by atoms with van der Waals surface area (Å²) in [5.41, 5.74) is 2.89. The molecule has 1 aromatic heterocycles. The Morgan fingerprint density at radius 1 is 0.875 bits per heavy atom. The van der Waals surface area contributed by atoms with E-state index in [0.29, 0.717) is 29.5 Å². The summed E-state index contributed by atoms with van der Waals surface area (Å²) in [5, 5.41) is 1.13. The SMILES string of the molecule is COC(=O)c1c(OCCc2ccccc2)c2cc(C)ccc2c(=O)n1Cc1ccccc1. The topological polar surface area (TPSA) is 57.5 Å². The van der Waals surface area contributed by atoms with Crippen molar-refractivity contribution in [1.82, 2.24) is 4.57 Å². The lowest BCUT2D eigenvalue weighted by Gasteiger charge is -2.19. The van der Waals surface area contributed by atoms with Crippen molar-refractivity contribution >= 4 is 16.7 Å². The van der Waals surface area contributed by atoms with E-state index in [0.717, 1.165) is 16.7 Å². The van der Waals surface area contributed by atoms with Crippen LogP contribution in [0.4, 0.5) is 0 Å². The number of aromatic nitrogens is 1. The lowest BCUT2D eigenvalue weighted by molar-refractivity contribution is 0.0582. The molecular formula is C27H25NO4. The van der Waals surface area contributed by atoms with Crippen LogP contribution in [-0.4, -0.2) is 24.3 Å². The zero-order valence-corrected chi connectivity index (χ0v) is 18.2. The second-order valence-electron chi connectivity index (χ2n) is 7.68. The molecule has 0 saturated carbocycles. The first-order valence-electron chi connectivity index (χ1n) is 10.5. The Morgan fingerprint density at radius 2 is 1.53 bits per heavy atom. The number of ether oxygens (including phenoxy) is 2. The van der Waals surface area contributed by atoms with Gasteiger partial charge in [0.1, 0.15) is 0 Å². The zero-order valence-electron chi connectivity index (χ0n) is 18.2. The molecule has 5 nitrogen and oxygen atoms in total. The molecule has 0 atom stereocenters. The molecule has 0 aliphatic carbocycles. The Balaban J connectivity index is 1.86. The normalized spacial score (nSPS) is 10.8. The van der Waals surface area contributed by atoms with Crippen LogP contribution in [0.1, 0.15) is 27.2 Å². The molecule has 162 valence electrons. The molecule has 0 aliphatic heterocycles. The summed E-state index contributed by atoms with van der Waals surface area (Å²) < 4.78 is 12.7. The van der Waals surface area contributed by atoms with E-state index >= 15 is 0 Å². The van der Waals surface area contributed by atoms with E-state index in [1.165, 1.54) is 11.7 Å². The second kappa shape index (κ2) is 9.52. The van der Waals surface area contributed by atoms with Crippen molar-refractivity contribution in [3.05, 3.63) is 112 Å². The van der Waals surface area contributed by atoms with E-state index in [2.05, 4.69) is 0 Å². The molecule has 0 bridgehead atoms. The summed E-state index contributed by atoms with van der Waals surface area (Å²) in [4.78, 5) is 26.3. The fourth-order valence-corrected chi connectivity index (χ4v) is 3.81. The van der Waals surface area contributed by atoms with E-state index < -0.39 is 5.97 Å². The molecular weight excluding hydrogens is 402 g/mol. The minimum Gasteiger partial charge on any atom is -0.490 e. The van der Waals surface area contributed by atoms with Crippen LogP contribution >= 0.6 is 0 Å². The van der Waals surface area contributed by atoms with Gasteiger partial charge in [-0.25, -0.2) is 4.79 Å². The molecule has 5 heteroatoms. The third-order valence-corrected chi connectivity index (χ3v) is 5.42. The first-order valence-corrected chi connectivity index (χ1v) is 10.5. The predicted octanol–water partition coefficient (Wildman–Crippen LogP) is 4.77. The number of pyridine rings is 1. The van der Waals surface area contributed by atoms with Gasteiger partial charge in [-0.1, -0.05) is 72.3 Å². The number of nitrogens with zero attached hydrogens (tertiary/aromatic N) is 1. The summed E-state index contributed by atoms with van der Waals surface area (Å²) in [6.07, 6.45) is 0.673. The van der Waals surface area contributed by atoms with Gasteiger partial charge in [-0.05, 0) is 30.2 Å². The van der Waals surface area contributed by atoms with Crippen LogP contribution in [0.25, 0.3) is 10.8 Å². The largest absolute Gasteiger partial charge is 0.490 e. The highest BCUT2D eigenvalue weighted by Crippen LogP contribution is 2.30. The first-order chi connectivity index (χ1) is 15.6. The highest BCUT2D eigenvalue weighted by molar-refractivity contribution is 5.99. The maximum Gasteiger partial charge on any atom is 0.358 e. The van der Waals surface area contributed by atoms with Crippen LogP contribution in [0.15, 0.2) is 83.7 Å².